The predicted octanol–water partition coefficient (Wildman–Crippen LogP) is 2.13. The third kappa shape index (κ3) is 2.27. The highest BCUT2D eigenvalue weighted by Crippen LogP contribution is 2.37. The summed E-state index contributed by atoms with van der Waals surface area (Å²) in [6.07, 6.45) is 0. The number of rotatable bonds is 2. The first kappa shape index (κ1) is 14.5. The van der Waals surface area contributed by atoms with Gasteiger partial charge >= 0.3 is 0 Å². The fourth-order valence-electron chi connectivity index (χ4n) is 2.19. The van der Waals surface area contributed by atoms with E-state index in [2.05, 4.69) is 4.89 Å². The van der Waals surface area contributed by atoms with Crippen molar-refractivity contribution in [3.8, 4) is 40.1 Å². The van der Waals surface area contributed by atoms with E-state index in [4.69, 9.17) is 9.67 Å². The Morgan fingerprint density at radius 2 is 1.70 bits per heavy atom. The van der Waals surface area contributed by atoms with Crippen LogP contribution in [-0.2, 0) is 0 Å². The van der Waals surface area contributed by atoms with E-state index in [1.807, 2.05) is 0 Å². The molecule has 3 aromatic rings. The first-order chi connectivity index (χ1) is 10.9. The summed E-state index contributed by atoms with van der Waals surface area (Å²) in [4.78, 5) is 16.3. The smallest absolute Gasteiger partial charge is 0.238 e. The lowest BCUT2D eigenvalue weighted by molar-refractivity contribution is -0.136. The maximum absolute atomic E-state index is 12.3. The Labute approximate surface area is 127 Å². The van der Waals surface area contributed by atoms with Gasteiger partial charge in [0.25, 0.3) is 0 Å². The van der Waals surface area contributed by atoms with Gasteiger partial charge < -0.3 is 29.7 Å². The molecule has 0 aliphatic carbocycles. The average Bonchev–Trinajstić information content (AvgIpc) is 2.52. The highest BCUT2D eigenvalue weighted by Gasteiger charge is 2.20. The largest absolute Gasteiger partial charge is 0.508 e. The molecule has 0 spiro atoms. The molecule has 5 N–H and O–H groups in total. The zero-order valence-electron chi connectivity index (χ0n) is 11.3. The molecule has 0 saturated carbocycles. The molecule has 0 atom stereocenters. The normalized spacial score (nSPS) is 10.8. The molecule has 0 amide bonds. The van der Waals surface area contributed by atoms with Crippen LogP contribution in [0.2, 0.25) is 0 Å². The number of hydrogen-bond donors (Lipinski definition) is 5. The summed E-state index contributed by atoms with van der Waals surface area (Å²) in [5.41, 5.74) is -0.941. The molecular formula is C15H10O8. The van der Waals surface area contributed by atoms with Crippen LogP contribution < -0.4 is 10.3 Å². The fraction of sp³-hybridized carbons (Fsp3) is 0. The molecule has 3 rings (SSSR count). The number of phenolic OH excluding ortho intramolecular Hbond substituents is 3. The zero-order valence-corrected chi connectivity index (χ0v) is 11.3. The van der Waals surface area contributed by atoms with Crippen LogP contribution in [0.15, 0.2) is 39.5 Å². The second-order valence-electron chi connectivity index (χ2n) is 4.72. The summed E-state index contributed by atoms with van der Waals surface area (Å²) >= 11 is 0. The molecule has 0 radical (unpaired) electrons. The van der Waals surface area contributed by atoms with E-state index in [0.29, 0.717) is 0 Å². The lowest BCUT2D eigenvalue weighted by Gasteiger charge is -2.09. The van der Waals surface area contributed by atoms with Crippen molar-refractivity contribution in [1.82, 2.24) is 0 Å². The van der Waals surface area contributed by atoms with Crippen molar-refractivity contribution in [2.45, 2.75) is 0 Å². The van der Waals surface area contributed by atoms with E-state index in [-0.39, 0.29) is 39.5 Å². The number of hydrogen-bond acceptors (Lipinski definition) is 8. The first-order valence-electron chi connectivity index (χ1n) is 6.29. The molecule has 23 heavy (non-hydrogen) atoms. The molecule has 1 aromatic heterocycles. The van der Waals surface area contributed by atoms with Gasteiger partial charge in [-0.2, -0.15) is 0 Å². The SMILES string of the molecule is O=c1c(O)c(-c2ccc(O)c(O)c2)oc2cc(O)cc(OO)c12. The molecule has 0 fully saturated rings. The van der Waals surface area contributed by atoms with Crippen molar-refractivity contribution < 1.29 is 35.0 Å². The van der Waals surface area contributed by atoms with Gasteiger partial charge in [-0.05, 0) is 18.2 Å². The minimum absolute atomic E-state index is 0.117. The molecule has 0 unspecified atom stereocenters. The molecule has 2 aromatic carbocycles. The summed E-state index contributed by atoms with van der Waals surface area (Å²) in [6, 6.07) is 5.63. The summed E-state index contributed by atoms with van der Waals surface area (Å²) in [7, 11) is 0. The van der Waals surface area contributed by atoms with E-state index in [1.54, 1.807) is 0 Å². The van der Waals surface area contributed by atoms with Crippen molar-refractivity contribution in [3.05, 3.63) is 40.6 Å². The van der Waals surface area contributed by atoms with Crippen LogP contribution in [0.3, 0.4) is 0 Å². The Kier molecular flexibility index (Phi) is 3.23. The second-order valence-corrected chi connectivity index (χ2v) is 4.72. The summed E-state index contributed by atoms with van der Waals surface area (Å²) in [6.45, 7) is 0. The second kappa shape index (κ2) is 5.11. The third-order valence-electron chi connectivity index (χ3n) is 3.26. The summed E-state index contributed by atoms with van der Waals surface area (Å²) in [5, 5.41) is 47.0. The van der Waals surface area contributed by atoms with Crippen molar-refractivity contribution in [2.75, 3.05) is 0 Å². The summed E-state index contributed by atoms with van der Waals surface area (Å²) in [5.74, 6) is -2.65. The quantitative estimate of drug-likeness (QED) is 0.275. The summed E-state index contributed by atoms with van der Waals surface area (Å²) < 4.78 is 5.38. The van der Waals surface area contributed by atoms with Crippen LogP contribution in [0, 0.1) is 0 Å². The molecule has 8 heteroatoms. The average molecular weight is 318 g/mol. The van der Waals surface area contributed by atoms with Crippen LogP contribution in [0.25, 0.3) is 22.3 Å². The fourth-order valence-corrected chi connectivity index (χ4v) is 2.19. The van der Waals surface area contributed by atoms with Gasteiger partial charge in [0.2, 0.25) is 11.2 Å². The molecule has 0 bridgehead atoms. The maximum atomic E-state index is 12.3. The first-order valence-corrected chi connectivity index (χ1v) is 6.29. The Hall–Kier alpha value is -3.39. The van der Waals surface area contributed by atoms with Crippen molar-refractivity contribution in [1.29, 1.82) is 0 Å². The number of aromatic hydroxyl groups is 4. The highest BCUT2D eigenvalue weighted by atomic mass is 17.1. The Balaban J connectivity index is 2.37. The number of phenols is 3. The Bertz CT molecular complexity index is 973. The lowest BCUT2D eigenvalue weighted by atomic mass is 10.1. The van der Waals surface area contributed by atoms with Crippen molar-refractivity contribution >= 4 is 11.0 Å². The lowest BCUT2D eigenvalue weighted by Crippen LogP contribution is -2.04. The standard InChI is InChI=1S/C15H10O8/c16-7-4-10-12(11(5-7)23-21)13(19)14(20)15(22-10)6-1-2-8(17)9(18)3-6/h1-5,16-18,20-21H. The van der Waals surface area contributed by atoms with Gasteiger partial charge in [0, 0.05) is 17.7 Å². The molecular weight excluding hydrogens is 308 g/mol. The highest BCUT2D eigenvalue weighted by molar-refractivity contribution is 5.88. The van der Waals surface area contributed by atoms with E-state index in [9.17, 15) is 25.2 Å². The molecule has 8 nitrogen and oxygen atoms in total. The third-order valence-corrected chi connectivity index (χ3v) is 3.26. The van der Waals surface area contributed by atoms with Gasteiger partial charge in [-0.15, -0.1) is 0 Å². The Morgan fingerprint density at radius 1 is 0.957 bits per heavy atom. The van der Waals surface area contributed by atoms with Crippen molar-refractivity contribution in [2.24, 2.45) is 0 Å². The monoisotopic (exact) mass is 318 g/mol. The van der Waals surface area contributed by atoms with Crippen molar-refractivity contribution in [3.63, 3.8) is 0 Å². The molecule has 0 saturated heterocycles. The Morgan fingerprint density at radius 3 is 2.35 bits per heavy atom. The van der Waals surface area contributed by atoms with Crippen LogP contribution >= 0.6 is 0 Å². The van der Waals surface area contributed by atoms with Gasteiger partial charge in [0.05, 0.1) is 0 Å². The van der Waals surface area contributed by atoms with E-state index in [0.717, 1.165) is 24.3 Å². The minimum atomic E-state index is -0.905. The van der Waals surface area contributed by atoms with Gasteiger partial charge in [0.1, 0.15) is 16.7 Å². The molecule has 0 aliphatic heterocycles. The van der Waals surface area contributed by atoms with E-state index < -0.39 is 16.9 Å². The van der Waals surface area contributed by atoms with Crippen LogP contribution in [-0.4, -0.2) is 25.7 Å². The number of fused-ring (bicyclic) bond motifs is 1. The van der Waals surface area contributed by atoms with Gasteiger partial charge in [-0.25, -0.2) is 5.26 Å². The molecule has 118 valence electrons. The van der Waals surface area contributed by atoms with E-state index in [1.165, 1.54) is 6.07 Å². The molecule has 1 heterocycles. The molecule has 0 aliphatic rings. The van der Waals surface area contributed by atoms with Crippen LogP contribution in [0.4, 0.5) is 0 Å². The maximum Gasteiger partial charge on any atom is 0.238 e. The zero-order chi connectivity index (χ0) is 16.7. The van der Waals surface area contributed by atoms with Gasteiger partial charge in [0.15, 0.2) is 23.0 Å². The predicted molar refractivity (Wildman–Crippen MR) is 77.8 cm³/mol. The number of benzene rings is 2. The topological polar surface area (TPSA) is 141 Å². The van der Waals surface area contributed by atoms with E-state index >= 15 is 0 Å². The minimum Gasteiger partial charge on any atom is -0.508 e. The van der Waals surface area contributed by atoms with Crippen LogP contribution in [0.5, 0.6) is 28.7 Å². The van der Waals surface area contributed by atoms with Crippen LogP contribution in [0.1, 0.15) is 0 Å². The van der Waals surface area contributed by atoms with Gasteiger partial charge in [-0.1, -0.05) is 0 Å². The van der Waals surface area contributed by atoms with Gasteiger partial charge in [-0.3, -0.25) is 4.79 Å².